The quantitative estimate of drug-likeness (QED) is 0.887. The van der Waals surface area contributed by atoms with Crippen LogP contribution in [0, 0.1) is 26.6 Å². The molecule has 2 aromatic carbocycles. The topological polar surface area (TPSA) is 20.2 Å². The fourth-order valence-corrected chi connectivity index (χ4v) is 2.62. The Hall–Kier alpha value is -1.67. The number of hydrogen-bond donors (Lipinski definition) is 1. The number of aryl methyl sites for hydroxylation is 3. The Morgan fingerprint density at radius 3 is 2.15 bits per heavy atom. The third kappa shape index (κ3) is 3.26. The van der Waals surface area contributed by atoms with Gasteiger partial charge in [-0.15, -0.1) is 0 Å². The van der Waals surface area contributed by atoms with Crippen molar-refractivity contribution in [3.05, 3.63) is 70.0 Å². The van der Waals surface area contributed by atoms with Gasteiger partial charge < -0.3 is 5.11 Å². The van der Waals surface area contributed by atoms with E-state index in [0.29, 0.717) is 6.42 Å². The third-order valence-corrected chi connectivity index (χ3v) is 3.68. The van der Waals surface area contributed by atoms with Crippen molar-refractivity contribution in [3.8, 4) is 0 Å². The van der Waals surface area contributed by atoms with Crippen LogP contribution in [0.5, 0.6) is 0 Å². The molecule has 0 aliphatic rings. The summed E-state index contributed by atoms with van der Waals surface area (Å²) in [5.74, 6) is -0.239. The van der Waals surface area contributed by atoms with Crippen molar-refractivity contribution in [2.24, 2.45) is 0 Å². The predicted octanol–water partition coefficient (Wildman–Crippen LogP) is 4.20. The molecule has 0 aliphatic carbocycles. The Kier molecular flexibility index (Phi) is 3.96. The summed E-state index contributed by atoms with van der Waals surface area (Å²) in [6.45, 7) is 7.73. The molecule has 1 nitrogen and oxygen atoms in total. The molecule has 20 heavy (non-hydrogen) atoms. The minimum absolute atomic E-state index is 0.239. The molecule has 0 radical (unpaired) electrons. The van der Waals surface area contributed by atoms with Crippen LogP contribution in [0.15, 0.2) is 36.4 Å². The highest BCUT2D eigenvalue weighted by atomic mass is 19.1. The average Bonchev–Trinajstić information content (AvgIpc) is 2.31. The molecule has 0 spiro atoms. The zero-order valence-corrected chi connectivity index (χ0v) is 12.5. The van der Waals surface area contributed by atoms with Gasteiger partial charge in [-0.25, -0.2) is 4.39 Å². The number of hydrogen-bond acceptors (Lipinski definition) is 1. The van der Waals surface area contributed by atoms with Crippen molar-refractivity contribution >= 4 is 0 Å². The van der Waals surface area contributed by atoms with Crippen LogP contribution in [0.4, 0.5) is 4.39 Å². The van der Waals surface area contributed by atoms with Gasteiger partial charge in [0.1, 0.15) is 5.82 Å². The van der Waals surface area contributed by atoms with Crippen LogP contribution in [-0.4, -0.2) is 5.11 Å². The number of aliphatic hydroxyl groups is 1. The molecule has 2 aromatic rings. The van der Waals surface area contributed by atoms with E-state index in [9.17, 15) is 9.50 Å². The zero-order valence-electron chi connectivity index (χ0n) is 12.5. The van der Waals surface area contributed by atoms with E-state index in [1.54, 1.807) is 6.07 Å². The lowest BCUT2D eigenvalue weighted by Gasteiger charge is -2.26. The Balaban J connectivity index is 2.34. The molecule has 2 heteroatoms. The van der Waals surface area contributed by atoms with E-state index in [1.165, 1.54) is 12.1 Å². The van der Waals surface area contributed by atoms with E-state index in [0.717, 1.165) is 27.8 Å². The maximum atomic E-state index is 13.1. The van der Waals surface area contributed by atoms with Gasteiger partial charge in [-0.1, -0.05) is 35.4 Å². The van der Waals surface area contributed by atoms with E-state index in [1.807, 2.05) is 39.8 Å². The van der Waals surface area contributed by atoms with Crippen molar-refractivity contribution in [1.29, 1.82) is 0 Å². The molecular formula is C18H21FO. The van der Waals surface area contributed by atoms with Gasteiger partial charge >= 0.3 is 0 Å². The monoisotopic (exact) mass is 272 g/mol. The summed E-state index contributed by atoms with van der Waals surface area (Å²) in [7, 11) is 0. The summed E-state index contributed by atoms with van der Waals surface area (Å²) >= 11 is 0. The van der Waals surface area contributed by atoms with Crippen molar-refractivity contribution in [1.82, 2.24) is 0 Å². The van der Waals surface area contributed by atoms with Crippen LogP contribution in [0.25, 0.3) is 0 Å². The van der Waals surface area contributed by atoms with E-state index in [-0.39, 0.29) is 5.82 Å². The Morgan fingerprint density at radius 2 is 1.60 bits per heavy atom. The fourth-order valence-electron chi connectivity index (χ4n) is 2.62. The van der Waals surface area contributed by atoms with Crippen LogP contribution in [-0.2, 0) is 12.0 Å². The number of rotatable bonds is 3. The van der Waals surface area contributed by atoms with Gasteiger partial charge in [-0.05, 0) is 56.5 Å². The Morgan fingerprint density at radius 1 is 1.00 bits per heavy atom. The maximum absolute atomic E-state index is 13.1. The molecule has 1 atom stereocenters. The standard InChI is InChI=1S/C18H21FO/c1-12-7-13(2)9-16(8-12)18(4,20)11-15-5-6-17(19)10-14(15)3/h5-10,20H,11H2,1-4H3. The van der Waals surface area contributed by atoms with E-state index < -0.39 is 5.60 Å². The minimum Gasteiger partial charge on any atom is -0.385 e. The lowest BCUT2D eigenvalue weighted by atomic mass is 9.86. The maximum Gasteiger partial charge on any atom is 0.123 e. The van der Waals surface area contributed by atoms with Gasteiger partial charge in [0.25, 0.3) is 0 Å². The van der Waals surface area contributed by atoms with E-state index >= 15 is 0 Å². The van der Waals surface area contributed by atoms with Crippen molar-refractivity contribution in [2.75, 3.05) is 0 Å². The molecule has 0 saturated carbocycles. The molecule has 106 valence electrons. The van der Waals surface area contributed by atoms with Crippen LogP contribution in [0.3, 0.4) is 0 Å². The Bertz CT molecular complexity index is 609. The van der Waals surface area contributed by atoms with Gasteiger partial charge in [0.2, 0.25) is 0 Å². The van der Waals surface area contributed by atoms with Gasteiger partial charge in [0.05, 0.1) is 5.60 Å². The lowest BCUT2D eigenvalue weighted by molar-refractivity contribution is 0.0573. The summed E-state index contributed by atoms with van der Waals surface area (Å²) in [5, 5.41) is 10.8. The van der Waals surface area contributed by atoms with Gasteiger partial charge in [-0.3, -0.25) is 0 Å². The van der Waals surface area contributed by atoms with Crippen molar-refractivity contribution in [2.45, 2.75) is 39.7 Å². The molecule has 0 bridgehead atoms. The van der Waals surface area contributed by atoms with Gasteiger partial charge in [0, 0.05) is 6.42 Å². The molecule has 0 amide bonds. The van der Waals surface area contributed by atoms with Crippen molar-refractivity contribution in [3.63, 3.8) is 0 Å². The molecule has 0 heterocycles. The summed E-state index contributed by atoms with van der Waals surface area (Å²) < 4.78 is 13.1. The largest absolute Gasteiger partial charge is 0.385 e. The fraction of sp³-hybridized carbons (Fsp3) is 0.333. The van der Waals surface area contributed by atoms with E-state index in [4.69, 9.17) is 0 Å². The first-order valence-electron chi connectivity index (χ1n) is 6.84. The van der Waals surface area contributed by atoms with E-state index in [2.05, 4.69) is 6.07 Å². The second-order valence-electron chi connectivity index (χ2n) is 5.90. The Labute approximate surface area is 120 Å². The van der Waals surface area contributed by atoms with Gasteiger partial charge in [-0.2, -0.15) is 0 Å². The van der Waals surface area contributed by atoms with Crippen LogP contribution in [0.2, 0.25) is 0 Å². The van der Waals surface area contributed by atoms with Crippen LogP contribution < -0.4 is 0 Å². The molecule has 0 aliphatic heterocycles. The average molecular weight is 272 g/mol. The highest BCUT2D eigenvalue weighted by Gasteiger charge is 2.24. The zero-order chi connectivity index (χ0) is 14.9. The SMILES string of the molecule is Cc1cc(C)cc(C(C)(O)Cc2ccc(F)cc2C)c1. The van der Waals surface area contributed by atoms with Crippen molar-refractivity contribution < 1.29 is 9.50 Å². The predicted molar refractivity (Wildman–Crippen MR) is 80.3 cm³/mol. The second-order valence-corrected chi connectivity index (χ2v) is 5.90. The van der Waals surface area contributed by atoms with Crippen LogP contribution >= 0.6 is 0 Å². The van der Waals surface area contributed by atoms with Crippen LogP contribution in [0.1, 0.15) is 34.7 Å². The normalized spacial score (nSPS) is 14.1. The molecule has 0 aromatic heterocycles. The molecule has 0 fully saturated rings. The third-order valence-electron chi connectivity index (χ3n) is 3.68. The second kappa shape index (κ2) is 5.37. The highest BCUT2D eigenvalue weighted by Crippen LogP contribution is 2.28. The van der Waals surface area contributed by atoms with Gasteiger partial charge in [0.15, 0.2) is 0 Å². The minimum atomic E-state index is -0.959. The summed E-state index contributed by atoms with van der Waals surface area (Å²) in [5.41, 5.74) is 4.05. The molecular weight excluding hydrogens is 251 g/mol. The molecule has 1 unspecified atom stereocenters. The molecule has 2 rings (SSSR count). The smallest absolute Gasteiger partial charge is 0.123 e. The lowest BCUT2D eigenvalue weighted by Crippen LogP contribution is -2.25. The molecule has 1 N–H and O–H groups in total. The summed E-state index contributed by atoms with van der Waals surface area (Å²) in [4.78, 5) is 0. The summed E-state index contributed by atoms with van der Waals surface area (Å²) in [6, 6.07) is 10.8. The first-order valence-corrected chi connectivity index (χ1v) is 6.84. The first-order chi connectivity index (χ1) is 9.28. The number of benzene rings is 2. The first kappa shape index (κ1) is 14.7. The molecule has 0 saturated heterocycles. The highest BCUT2D eigenvalue weighted by molar-refractivity contribution is 5.35. The summed E-state index contributed by atoms with van der Waals surface area (Å²) in [6.07, 6.45) is 0.474. The number of halogens is 1.